The zero-order valence-corrected chi connectivity index (χ0v) is 13.4. The number of nitrogens with zero attached hydrogens (tertiary/aromatic N) is 3. The van der Waals surface area contributed by atoms with E-state index in [2.05, 4.69) is 19.9 Å². The number of imidazole rings is 1. The van der Waals surface area contributed by atoms with E-state index in [1.165, 1.54) is 0 Å². The molecule has 120 valence electrons. The molecule has 0 radical (unpaired) electrons. The number of fused-ring (bicyclic) bond motifs is 1. The lowest BCUT2D eigenvalue weighted by Crippen LogP contribution is -2.36. The minimum absolute atomic E-state index is 0.270. The first kappa shape index (κ1) is 14.2. The molecule has 23 heavy (non-hydrogen) atoms. The predicted octanol–water partition coefficient (Wildman–Crippen LogP) is 2.59. The van der Waals surface area contributed by atoms with Crippen LogP contribution in [0.5, 0.6) is 0 Å². The maximum atomic E-state index is 12.3. The molecule has 0 aliphatic carbocycles. The molecule has 1 saturated heterocycles. The summed E-state index contributed by atoms with van der Waals surface area (Å²) in [5.74, 6) is 1.81. The van der Waals surface area contributed by atoms with E-state index in [1.807, 2.05) is 26.1 Å². The normalized spacial score (nSPS) is 22.8. The van der Waals surface area contributed by atoms with Gasteiger partial charge >= 0.3 is 5.97 Å². The summed E-state index contributed by atoms with van der Waals surface area (Å²) < 4.78 is 5.53. The first-order chi connectivity index (χ1) is 11.1. The van der Waals surface area contributed by atoms with Gasteiger partial charge in [0.15, 0.2) is 0 Å². The summed E-state index contributed by atoms with van der Waals surface area (Å²) in [5.41, 5.74) is 0.963. The Hall–Kier alpha value is -2.37. The number of hydrogen-bond acceptors (Lipinski definition) is 5. The van der Waals surface area contributed by atoms with Crippen LogP contribution in [0, 0.1) is 0 Å². The lowest BCUT2D eigenvalue weighted by Gasteiger charge is -2.33. The van der Waals surface area contributed by atoms with Crippen molar-refractivity contribution in [3.63, 3.8) is 0 Å². The Morgan fingerprint density at radius 1 is 1.35 bits per heavy atom. The van der Waals surface area contributed by atoms with Gasteiger partial charge in [-0.15, -0.1) is 0 Å². The third-order valence-corrected chi connectivity index (χ3v) is 4.76. The zero-order chi connectivity index (χ0) is 16.0. The number of esters is 1. The van der Waals surface area contributed by atoms with Gasteiger partial charge in [-0.2, -0.15) is 0 Å². The number of hydrogen-bond donors (Lipinski definition) is 1. The SMILES string of the molecule is CC1(C)OC(=O)c2c1ccnc2N1CCC[C@@H](c2ncc[nH]2)C1. The van der Waals surface area contributed by atoms with Gasteiger partial charge < -0.3 is 14.6 Å². The summed E-state index contributed by atoms with van der Waals surface area (Å²) in [4.78, 5) is 26.6. The molecule has 0 saturated carbocycles. The highest BCUT2D eigenvalue weighted by atomic mass is 16.6. The van der Waals surface area contributed by atoms with E-state index in [0.29, 0.717) is 11.5 Å². The summed E-state index contributed by atoms with van der Waals surface area (Å²) in [7, 11) is 0. The molecule has 0 bridgehead atoms. The molecule has 0 spiro atoms. The number of H-pyrrole nitrogens is 1. The van der Waals surface area contributed by atoms with Gasteiger partial charge in [0.2, 0.25) is 0 Å². The number of cyclic esters (lactones) is 1. The Balaban J connectivity index is 1.69. The van der Waals surface area contributed by atoms with Crippen LogP contribution in [0.15, 0.2) is 24.7 Å². The van der Waals surface area contributed by atoms with Crippen molar-refractivity contribution in [2.45, 2.75) is 38.2 Å². The first-order valence-electron chi connectivity index (χ1n) is 8.03. The summed E-state index contributed by atoms with van der Waals surface area (Å²) in [6, 6.07) is 1.89. The predicted molar refractivity (Wildman–Crippen MR) is 85.5 cm³/mol. The third kappa shape index (κ3) is 2.29. The van der Waals surface area contributed by atoms with Crippen molar-refractivity contribution in [1.82, 2.24) is 15.0 Å². The summed E-state index contributed by atoms with van der Waals surface area (Å²) >= 11 is 0. The molecule has 4 rings (SSSR count). The summed E-state index contributed by atoms with van der Waals surface area (Å²) in [6.07, 6.45) is 7.55. The van der Waals surface area contributed by atoms with E-state index in [1.54, 1.807) is 12.4 Å². The Morgan fingerprint density at radius 3 is 3.00 bits per heavy atom. The van der Waals surface area contributed by atoms with Crippen LogP contribution < -0.4 is 4.90 Å². The van der Waals surface area contributed by atoms with E-state index in [4.69, 9.17) is 4.74 Å². The molecule has 2 aliphatic rings. The molecule has 1 atom stereocenters. The van der Waals surface area contributed by atoms with Crippen LogP contribution in [0.1, 0.15) is 54.4 Å². The number of rotatable bonds is 2. The molecule has 2 aliphatic heterocycles. The monoisotopic (exact) mass is 312 g/mol. The van der Waals surface area contributed by atoms with E-state index in [9.17, 15) is 4.79 Å². The van der Waals surface area contributed by atoms with Crippen LogP contribution in [-0.4, -0.2) is 34.0 Å². The summed E-state index contributed by atoms with van der Waals surface area (Å²) in [5, 5.41) is 0. The van der Waals surface area contributed by atoms with Gasteiger partial charge in [0.05, 0.1) is 0 Å². The van der Waals surface area contributed by atoms with Crippen LogP contribution in [0.4, 0.5) is 5.82 Å². The molecule has 6 heteroatoms. The molecule has 0 amide bonds. The van der Waals surface area contributed by atoms with Crippen LogP contribution in [-0.2, 0) is 10.3 Å². The minimum atomic E-state index is -0.583. The van der Waals surface area contributed by atoms with Crippen molar-refractivity contribution in [2.75, 3.05) is 18.0 Å². The van der Waals surface area contributed by atoms with E-state index in [-0.39, 0.29) is 5.97 Å². The smallest absolute Gasteiger partial charge is 0.343 e. The van der Waals surface area contributed by atoms with Gasteiger partial charge in [-0.1, -0.05) is 0 Å². The van der Waals surface area contributed by atoms with Crippen molar-refractivity contribution in [3.8, 4) is 0 Å². The average Bonchev–Trinajstić information content (AvgIpc) is 3.15. The Kier molecular flexibility index (Phi) is 3.14. The van der Waals surface area contributed by atoms with Gasteiger partial charge in [-0.05, 0) is 32.8 Å². The lowest BCUT2D eigenvalue weighted by molar-refractivity contribution is 0.00956. The average molecular weight is 312 g/mol. The maximum absolute atomic E-state index is 12.3. The van der Waals surface area contributed by atoms with Crippen LogP contribution in [0.25, 0.3) is 0 Å². The highest BCUT2D eigenvalue weighted by Crippen LogP contribution is 2.40. The van der Waals surface area contributed by atoms with Crippen LogP contribution >= 0.6 is 0 Å². The van der Waals surface area contributed by atoms with E-state index >= 15 is 0 Å². The number of aromatic amines is 1. The van der Waals surface area contributed by atoms with Gasteiger partial charge in [0.25, 0.3) is 0 Å². The minimum Gasteiger partial charge on any atom is -0.451 e. The molecule has 1 N–H and O–H groups in total. The maximum Gasteiger partial charge on any atom is 0.343 e. The Labute approximate surface area is 134 Å². The molecule has 0 unspecified atom stereocenters. The highest BCUT2D eigenvalue weighted by Gasteiger charge is 2.41. The summed E-state index contributed by atoms with van der Waals surface area (Å²) in [6.45, 7) is 5.55. The first-order valence-corrected chi connectivity index (χ1v) is 8.03. The molecule has 0 aromatic carbocycles. The van der Waals surface area contributed by atoms with E-state index < -0.39 is 5.60 Å². The second kappa shape index (κ2) is 5.08. The van der Waals surface area contributed by atoms with Gasteiger partial charge in [-0.3, -0.25) is 0 Å². The third-order valence-electron chi connectivity index (χ3n) is 4.76. The van der Waals surface area contributed by atoms with Crippen LogP contribution in [0.2, 0.25) is 0 Å². The zero-order valence-electron chi connectivity index (χ0n) is 13.4. The number of anilines is 1. The number of carbonyl (C=O) groups is 1. The number of piperidine rings is 1. The molecule has 4 heterocycles. The van der Waals surface area contributed by atoms with Gasteiger partial charge in [0, 0.05) is 43.2 Å². The quantitative estimate of drug-likeness (QED) is 0.863. The fraction of sp³-hybridized carbons (Fsp3) is 0.471. The highest BCUT2D eigenvalue weighted by molar-refractivity contribution is 5.99. The molecular formula is C17H20N4O2. The van der Waals surface area contributed by atoms with Crippen molar-refractivity contribution in [2.24, 2.45) is 0 Å². The number of carbonyl (C=O) groups excluding carboxylic acids is 1. The number of aromatic nitrogens is 3. The molecule has 1 fully saturated rings. The molecule has 6 nitrogen and oxygen atoms in total. The standard InChI is InChI=1S/C17H20N4O2/c1-17(2)12-5-6-20-15(13(12)16(22)23-17)21-9-3-4-11(10-21)14-18-7-8-19-14/h5-8,11H,3-4,9-10H2,1-2H3,(H,18,19)/t11-/m1/s1. The number of ether oxygens (including phenoxy) is 1. The van der Waals surface area contributed by atoms with Gasteiger partial charge in [0.1, 0.15) is 22.8 Å². The van der Waals surface area contributed by atoms with Crippen molar-refractivity contribution in [3.05, 3.63) is 41.6 Å². The second-order valence-corrected chi connectivity index (χ2v) is 6.72. The number of nitrogens with one attached hydrogen (secondary N) is 1. The van der Waals surface area contributed by atoms with Crippen molar-refractivity contribution in [1.29, 1.82) is 0 Å². The Bertz CT molecular complexity index is 739. The van der Waals surface area contributed by atoms with Gasteiger partial charge in [-0.25, -0.2) is 14.8 Å². The van der Waals surface area contributed by atoms with E-state index in [0.717, 1.165) is 43.1 Å². The molecule has 2 aromatic rings. The Morgan fingerprint density at radius 2 is 2.22 bits per heavy atom. The topological polar surface area (TPSA) is 71.1 Å². The number of pyridine rings is 1. The largest absolute Gasteiger partial charge is 0.451 e. The van der Waals surface area contributed by atoms with Crippen molar-refractivity contribution >= 4 is 11.8 Å². The van der Waals surface area contributed by atoms with Crippen LogP contribution in [0.3, 0.4) is 0 Å². The van der Waals surface area contributed by atoms with Crippen molar-refractivity contribution < 1.29 is 9.53 Å². The molecule has 2 aromatic heterocycles. The lowest BCUT2D eigenvalue weighted by atomic mass is 9.94. The molecular weight excluding hydrogens is 292 g/mol. The second-order valence-electron chi connectivity index (χ2n) is 6.72. The fourth-order valence-corrected chi connectivity index (χ4v) is 3.62. The fourth-order valence-electron chi connectivity index (χ4n) is 3.62.